The molecule has 3 heterocycles. The number of carbonyl (C=O) groups excluding carboxylic acids is 1. The number of hydrazone groups is 1. The lowest BCUT2D eigenvalue weighted by Crippen LogP contribution is -2.32. The van der Waals surface area contributed by atoms with E-state index in [4.69, 9.17) is 14.5 Å². The highest BCUT2D eigenvalue weighted by molar-refractivity contribution is 6.06. The zero-order valence-corrected chi connectivity index (χ0v) is 22.9. The zero-order valence-electron chi connectivity index (χ0n) is 22.9. The second-order valence-corrected chi connectivity index (χ2v) is 9.73. The van der Waals surface area contributed by atoms with Crippen LogP contribution >= 0.6 is 0 Å². The maximum Gasteiger partial charge on any atom is 0.266 e. The number of aryl methyl sites for hydroxylation is 2. The van der Waals surface area contributed by atoms with Gasteiger partial charge < -0.3 is 9.47 Å². The number of nitrogens with zero attached hydrogens (tertiary/aromatic N) is 4. The minimum Gasteiger partial charge on any atom is -0.494 e. The van der Waals surface area contributed by atoms with Gasteiger partial charge in [-0.15, -0.1) is 0 Å². The van der Waals surface area contributed by atoms with E-state index in [0.29, 0.717) is 23.4 Å². The van der Waals surface area contributed by atoms with Gasteiger partial charge in [-0.2, -0.15) is 14.6 Å². The summed E-state index contributed by atoms with van der Waals surface area (Å²) in [7, 11) is 1.59. The molecule has 1 unspecified atom stereocenters. The van der Waals surface area contributed by atoms with Crippen LogP contribution in [0.25, 0.3) is 22.2 Å². The SMILES string of the molecule is CCc1ccc2c(-c3ccc(=O)n(CCCOc4ccc(C5=NNC(=O)CC5C)c(F)c4F)n3)ccc(OC)c2n1. The molecule has 0 aliphatic carbocycles. The third kappa shape index (κ3) is 5.65. The number of aromatic nitrogens is 3. The van der Waals surface area contributed by atoms with Crippen molar-refractivity contribution in [2.45, 2.75) is 39.7 Å². The first-order valence-corrected chi connectivity index (χ1v) is 13.3. The van der Waals surface area contributed by atoms with Crippen molar-refractivity contribution >= 4 is 22.5 Å². The highest BCUT2D eigenvalue weighted by atomic mass is 19.2. The van der Waals surface area contributed by atoms with Gasteiger partial charge in [0.25, 0.3) is 5.56 Å². The minimum absolute atomic E-state index is 0.0244. The molecule has 212 valence electrons. The predicted molar refractivity (Wildman–Crippen MR) is 150 cm³/mol. The summed E-state index contributed by atoms with van der Waals surface area (Å²) in [5.74, 6) is -2.47. The quantitative estimate of drug-likeness (QED) is 0.299. The molecule has 2 aromatic carbocycles. The molecule has 0 saturated heterocycles. The van der Waals surface area contributed by atoms with Crippen LogP contribution in [0, 0.1) is 17.6 Å². The molecule has 0 spiro atoms. The van der Waals surface area contributed by atoms with Crippen molar-refractivity contribution in [1.29, 1.82) is 0 Å². The fourth-order valence-electron chi connectivity index (χ4n) is 4.79. The van der Waals surface area contributed by atoms with Gasteiger partial charge in [0.2, 0.25) is 11.7 Å². The predicted octanol–water partition coefficient (Wildman–Crippen LogP) is 4.64. The number of pyridine rings is 1. The highest BCUT2D eigenvalue weighted by Crippen LogP contribution is 2.32. The molecule has 5 rings (SSSR count). The van der Waals surface area contributed by atoms with E-state index in [2.05, 4.69) is 15.6 Å². The molecule has 0 saturated carbocycles. The Morgan fingerprint density at radius 3 is 2.54 bits per heavy atom. The monoisotopic (exact) mass is 561 g/mol. The highest BCUT2D eigenvalue weighted by Gasteiger charge is 2.26. The first-order valence-electron chi connectivity index (χ1n) is 13.3. The minimum atomic E-state index is -1.14. The number of nitrogens with one attached hydrogen (secondary N) is 1. The number of amides is 1. The van der Waals surface area contributed by atoms with Crippen LogP contribution in [0.15, 0.2) is 58.4 Å². The van der Waals surface area contributed by atoms with Crippen LogP contribution in [0.3, 0.4) is 0 Å². The Morgan fingerprint density at radius 2 is 1.78 bits per heavy atom. The molecule has 11 heteroatoms. The lowest BCUT2D eigenvalue weighted by molar-refractivity contribution is -0.121. The van der Waals surface area contributed by atoms with Crippen LogP contribution in [-0.4, -0.2) is 40.1 Å². The third-order valence-electron chi connectivity index (χ3n) is 6.96. The molecule has 9 nitrogen and oxygen atoms in total. The molecular weight excluding hydrogens is 532 g/mol. The summed E-state index contributed by atoms with van der Waals surface area (Å²) in [5.41, 5.74) is 5.28. The smallest absolute Gasteiger partial charge is 0.266 e. The van der Waals surface area contributed by atoms with Gasteiger partial charge in [-0.1, -0.05) is 19.9 Å². The van der Waals surface area contributed by atoms with Gasteiger partial charge in [0, 0.05) is 53.6 Å². The van der Waals surface area contributed by atoms with E-state index in [9.17, 15) is 18.4 Å². The van der Waals surface area contributed by atoms with Gasteiger partial charge in [0.1, 0.15) is 11.3 Å². The normalized spacial score (nSPS) is 15.0. The summed E-state index contributed by atoms with van der Waals surface area (Å²) in [6, 6.07) is 13.4. The first kappa shape index (κ1) is 27.9. The van der Waals surface area contributed by atoms with Crippen LogP contribution in [0.4, 0.5) is 8.78 Å². The van der Waals surface area contributed by atoms with E-state index in [-0.39, 0.29) is 54.0 Å². The van der Waals surface area contributed by atoms with E-state index in [1.165, 1.54) is 22.9 Å². The summed E-state index contributed by atoms with van der Waals surface area (Å²) < 4.78 is 41.9. The van der Waals surface area contributed by atoms with Crippen LogP contribution < -0.4 is 20.5 Å². The Hall–Kier alpha value is -4.67. The van der Waals surface area contributed by atoms with Gasteiger partial charge >= 0.3 is 0 Å². The Morgan fingerprint density at radius 1 is 1.00 bits per heavy atom. The lowest BCUT2D eigenvalue weighted by atomic mass is 9.93. The van der Waals surface area contributed by atoms with Crippen LogP contribution in [0.5, 0.6) is 11.5 Å². The molecule has 1 aliphatic rings. The molecule has 2 aromatic heterocycles. The number of benzene rings is 2. The molecule has 1 amide bonds. The van der Waals surface area contributed by atoms with Gasteiger partial charge in [0.15, 0.2) is 11.6 Å². The molecule has 1 aliphatic heterocycles. The van der Waals surface area contributed by atoms with E-state index in [1.807, 2.05) is 31.2 Å². The van der Waals surface area contributed by atoms with E-state index in [0.717, 1.165) is 23.1 Å². The topological polar surface area (TPSA) is 108 Å². The largest absolute Gasteiger partial charge is 0.494 e. The zero-order chi connectivity index (χ0) is 29.1. The third-order valence-corrected chi connectivity index (χ3v) is 6.96. The number of ether oxygens (including phenoxy) is 2. The molecule has 4 aromatic rings. The number of hydrogen-bond donors (Lipinski definition) is 1. The van der Waals surface area contributed by atoms with E-state index >= 15 is 0 Å². The number of methoxy groups -OCH3 is 1. The second-order valence-electron chi connectivity index (χ2n) is 9.73. The van der Waals surface area contributed by atoms with Crippen LogP contribution in [-0.2, 0) is 17.8 Å². The summed E-state index contributed by atoms with van der Waals surface area (Å²) in [4.78, 5) is 28.7. The van der Waals surface area contributed by atoms with Crippen LogP contribution in [0.1, 0.15) is 37.9 Å². The average Bonchev–Trinajstić information content (AvgIpc) is 2.98. The van der Waals surface area contributed by atoms with Crippen molar-refractivity contribution in [3.05, 3.63) is 81.8 Å². The van der Waals surface area contributed by atoms with Gasteiger partial charge in [-0.3, -0.25) is 9.59 Å². The maximum absolute atomic E-state index is 14.8. The number of carbonyl (C=O) groups is 1. The number of hydrogen-bond acceptors (Lipinski definition) is 7. The van der Waals surface area contributed by atoms with Gasteiger partial charge in [0.05, 0.1) is 25.1 Å². The Labute approximate surface area is 234 Å². The number of fused-ring (bicyclic) bond motifs is 1. The van der Waals surface area contributed by atoms with Crippen molar-refractivity contribution < 1.29 is 23.0 Å². The molecule has 1 atom stereocenters. The van der Waals surface area contributed by atoms with Crippen molar-refractivity contribution in [1.82, 2.24) is 20.2 Å². The summed E-state index contributed by atoms with van der Waals surface area (Å²) in [6.45, 7) is 3.98. The second kappa shape index (κ2) is 11.8. The fourth-order valence-corrected chi connectivity index (χ4v) is 4.79. The average molecular weight is 562 g/mol. The number of halogens is 2. The summed E-state index contributed by atoms with van der Waals surface area (Å²) in [5, 5.41) is 9.29. The molecule has 0 fully saturated rings. The maximum atomic E-state index is 14.8. The van der Waals surface area contributed by atoms with Crippen molar-refractivity contribution in [2.24, 2.45) is 11.0 Å². The number of rotatable bonds is 9. The van der Waals surface area contributed by atoms with Crippen LogP contribution in [0.2, 0.25) is 0 Å². The van der Waals surface area contributed by atoms with E-state index < -0.39 is 11.6 Å². The van der Waals surface area contributed by atoms with Gasteiger partial charge in [-0.25, -0.2) is 19.5 Å². The van der Waals surface area contributed by atoms with Gasteiger partial charge in [-0.05, 0) is 42.8 Å². The Bertz CT molecular complexity index is 1720. The molecule has 0 radical (unpaired) electrons. The lowest BCUT2D eigenvalue weighted by Gasteiger charge is -2.20. The molecular formula is C30H29F2N5O4. The Balaban J connectivity index is 1.30. The van der Waals surface area contributed by atoms with Crippen molar-refractivity contribution in [3.63, 3.8) is 0 Å². The summed E-state index contributed by atoms with van der Waals surface area (Å²) in [6.07, 6.45) is 1.24. The molecule has 41 heavy (non-hydrogen) atoms. The standard InChI is InChI=1S/C30H29F2N5O4/c1-4-18-6-7-20-19(8-12-24(40-3)30(20)33-18)22-10-13-26(39)37(36-22)14-5-15-41-23-11-9-21(27(31)28(23)32)29-17(2)16-25(38)34-35-29/h6-13,17H,4-5,14-16H2,1-3H3,(H,34,38). The molecule has 0 bridgehead atoms. The van der Waals surface area contributed by atoms with E-state index in [1.54, 1.807) is 20.1 Å². The Kier molecular flexibility index (Phi) is 8.04. The first-order chi connectivity index (χ1) is 19.8. The summed E-state index contributed by atoms with van der Waals surface area (Å²) >= 11 is 0. The van der Waals surface area contributed by atoms with Crippen molar-refractivity contribution in [3.8, 4) is 22.8 Å². The fraction of sp³-hybridized carbons (Fsp3) is 0.300. The van der Waals surface area contributed by atoms with Crippen molar-refractivity contribution in [2.75, 3.05) is 13.7 Å². The molecule has 1 N–H and O–H groups in total.